The molecule has 0 fully saturated rings. The Morgan fingerprint density at radius 3 is 2.56 bits per heavy atom. The number of hydrogen-bond donors (Lipinski definition) is 2. The lowest BCUT2D eigenvalue weighted by atomic mass is 10.3. The molecule has 0 heterocycles. The highest BCUT2D eigenvalue weighted by Gasteiger charge is 1.96. The minimum Gasteiger partial charge on any atom is -0.392 e. The summed E-state index contributed by atoms with van der Waals surface area (Å²) in [5.41, 5.74) is 0. The number of aliphatic hydroxyl groups excluding tert-OH is 1. The number of nitrogens with one attached hydrogen (secondary N) is 1. The van der Waals surface area contributed by atoms with Crippen LogP contribution in [0.1, 0.15) is 13.8 Å². The molecule has 0 aliphatic rings. The van der Waals surface area contributed by atoms with E-state index >= 15 is 0 Å². The number of rotatable bonds is 4. The van der Waals surface area contributed by atoms with Crippen molar-refractivity contribution in [2.45, 2.75) is 26.0 Å². The summed E-state index contributed by atoms with van der Waals surface area (Å²) < 4.78 is 0. The van der Waals surface area contributed by atoms with Crippen LogP contribution in [0, 0.1) is 0 Å². The third-order valence-electron chi connectivity index (χ3n) is 1.09. The average molecular weight is 129 g/mol. The summed E-state index contributed by atoms with van der Waals surface area (Å²) in [4.78, 5) is 0. The van der Waals surface area contributed by atoms with Crippen LogP contribution in [-0.2, 0) is 0 Å². The van der Waals surface area contributed by atoms with Gasteiger partial charge in [0.25, 0.3) is 0 Å². The first-order chi connectivity index (χ1) is 4.16. The van der Waals surface area contributed by atoms with Crippen LogP contribution in [0.25, 0.3) is 0 Å². The minimum atomic E-state index is -0.271. The van der Waals surface area contributed by atoms with Gasteiger partial charge in [-0.2, -0.15) is 0 Å². The van der Waals surface area contributed by atoms with E-state index < -0.39 is 0 Å². The van der Waals surface area contributed by atoms with Crippen LogP contribution >= 0.6 is 0 Å². The molecule has 0 aromatic rings. The van der Waals surface area contributed by atoms with Crippen molar-refractivity contribution in [3.8, 4) is 0 Å². The van der Waals surface area contributed by atoms with Gasteiger partial charge in [0.2, 0.25) is 0 Å². The molecule has 0 aromatic carbocycles. The molecule has 0 bridgehead atoms. The molecule has 0 aliphatic heterocycles. The Balaban J connectivity index is 3.16. The average Bonchev–Trinajstić information content (AvgIpc) is 1.83. The van der Waals surface area contributed by atoms with Crippen molar-refractivity contribution in [3.63, 3.8) is 0 Å². The molecule has 2 unspecified atom stereocenters. The molecule has 54 valence electrons. The van der Waals surface area contributed by atoms with Crippen LogP contribution in [0.2, 0.25) is 0 Å². The topological polar surface area (TPSA) is 32.3 Å². The zero-order valence-corrected chi connectivity index (χ0v) is 6.09. The zero-order chi connectivity index (χ0) is 7.28. The molecule has 9 heavy (non-hydrogen) atoms. The largest absolute Gasteiger partial charge is 0.392 e. The van der Waals surface area contributed by atoms with Crippen molar-refractivity contribution in [1.82, 2.24) is 5.32 Å². The van der Waals surface area contributed by atoms with Crippen molar-refractivity contribution in [1.29, 1.82) is 0 Å². The van der Waals surface area contributed by atoms with Crippen LogP contribution in [0.4, 0.5) is 0 Å². The molecular weight excluding hydrogens is 114 g/mol. The van der Waals surface area contributed by atoms with Gasteiger partial charge in [-0.3, -0.25) is 0 Å². The smallest absolute Gasteiger partial charge is 0.0636 e. The number of aliphatic hydroxyl groups is 1. The molecular formula is C7H15NO. The van der Waals surface area contributed by atoms with Gasteiger partial charge in [-0.1, -0.05) is 6.08 Å². The Hall–Kier alpha value is -0.340. The predicted octanol–water partition coefficient (Wildman–Crippen LogP) is 0.531. The second-order valence-electron chi connectivity index (χ2n) is 2.28. The summed E-state index contributed by atoms with van der Waals surface area (Å²) >= 11 is 0. The monoisotopic (exact) mass is 129 g/mol. The van der Waals surface area contributed by atoms with Gasteiger partial charge in [0.1, 0.15) is 0 Å². The SMILES string of the molecule is C=CC(C)NCC(C)O. The Kier molecular flexibility index (Phi) is 4.36. The van der Waals surface area contributed by atoms with Gasteiger partial charge in [0.05, 0.1) is 6.10 Å². The van der Waals surface area contributed by atoms with Gasteiger partial charge in [-0.15, -0.1) is 6.58 Å². The predicted molar refractivity (Wildman–Crippen MR) is 39.3 cm³/mol. The molecule has 0 spiro atoms. The van der Waals surface area contributed by atoms with Crippen molar-refractivity contribution in [3.05, 3.63) is 12.7 Å². The summed E-state index contributed by atoms with van der Waals surface area (Å²) in [5, 5.41) is 11.9. The summed E-state index contributed by atoms with van der Waals surface area (Å²) in [6, 6.07) is 0.291. The molecule has 2 N–H and O–H groups in total. The molecule has 2 nitrogen and oxygen atoms in total. The molecule has 0 amide bonds. The first-order valence-corrected chi connectivity index (χ1v) is 3.20. The first kappa shape index (κ1) is 8.66. The third kappa shape index (κ3) is 5.53. The van der Waals surface area contributed by atoms with Crippen LogP contribution < -0.4 is 5.32 Å². The molecule has 0 rings (SSSR count). The highest BCUT2D eigenvalue weighted by molar-refractivity contribution is 4.81. The normalized spacial score (nSPS) is 16.8. The zero-order valence-electron chi connectivity index (χ0n) is 6.09. The van der Waals surface area contributed by atoms with Gasteiger partial charge in [0, 0.05) is 12.6 Å². The third-order valence-corrected chi connectivity index (χ3v) is 1.09. The van der Waals surface area contributed by atoms with Crippen molar-refractivity contribution < 1.29 is 5.11 Å². The molecule has 0 saturated carbocycles. The van der Waals surface area contributed by atoms with Crippen molar-refractivity contribution in [2.75, 3.05) is 6.54 Å². The van der Waals surface area contributed by atoms with E-state index in [9.17, 15) is 0 Å². The fraction of sp³-hybridized carbons (Fsp3) is 0.714. The van der Waals surface area contributed by atoms with Crippen LogP contribution in [0.3, 0.4) is 0 Å². The Labute approximate surface area is 56.6 Å². The maximum absolute atomic E-state index is 8.80. The van der Waals surface area contributed by atoms with E-state index in [1.807, 2.05) is 13.0 Å². The van der Waals surface area contributed by atoms with E-state index in [0.29, 0.717) is 12.6 Å². The van der Waals surface area contributed by atoms with Gasteiger partial charge < -0.3 is 10.4 Å². The summed E-state index contributed by atoms with van der Waals surface area (Å²) in [6.07, 6.45) is 1.54. The van der Waals surface area contributed by atoms with Crippen molar-refractivity contribution in [2.24, 2.45) is 0 Å². The van der Waals surface area contributed by atoms with Gasteiger partial charge in [-0.25, -0.2) is 0 Å². The van der Waals surface area contributed by atoms with Gasteiger partial charge in [-0.05, 0) is 13.8 Å². The molecule has 2 atom stereocenters. The molecule has 0 aromatic heterocycles. The molecule has 2 heteroatoms. The summed E-state index contributed by atoms with van der Waals surface area (Å²) in [6.45, 7) is 7.97. The van der Waals surface area contributed by atoms with Gasteiger partial charge in [0.15, 0.2) is 0 Å². The summed E-state index contributed by atoms with van der Waals surface area (Å²) in [7, 11) is 0. The Morgan fingerprint density at radius 1 is 1.67 bits per heavy atom. The molecule has 0 radical (unpaired) electrons. The second-order valence-corrected chi connectivity index (χ2v) is 2.28. The van der Waals surface area contributed by atoms with Crippen LogP contribution in [0.5, 0.6) is 0 Å². The van der Waals surface area contributed by atoms with E-state index in [-0.39, 0.29) is 6.10 Å². The Bertz CT molecular complexity index is 81.0. The maximum Gasteiger partial charge on any atom is 0.0636 e. The first-order valence-electron chi connectivity index (χ1n) is 3.20. The minimum absolute atomic E-state index is 0.271. The Morgan fingerprint density at radius 2 is 2.22 bits per heavy atom. The fourth-order valence-corrected chi connectivity index (χ4v) is 0.440. The highest BCUT2D eigenvalue weighted by atomic mass is 16.3. The van der Waals surface area contributed by atoms with Crippen LogP contribution in [0.15, 0.2) is 12.7 Å². The second kappa shape index (κ2) is 4.53. The highest BCUT2D eigenvalue weighted by Crippen LogP contribution is 1.82. The number of hydrogen-bond acceptors (Lipinski definition) is 2. The lowest BCUT2D eigenvalue weighted by Crippen LogP contribution is -2.30. The quantitative estimate of drug-likeness (QED) is 0.543. The van der Waals surface area contributed by atoms with E-state index in [1.165, 1.54) is 0 Å². The molecule has 0 aliphatic carbocycles. The van der Waals surface area contributed by atoms with E-state index in [0.717, 1.165) is 0 Å². The van der Waals surface area contributed by atoms with Crippen LogP contribution in [-0.4, -0.2) is 23.8 Å². The maximum atomic E-state index is 8.80. The molecule has 0 saturated heterocycles. The summed E-state index contributed by atoms with van der Waals surface area (Å²) in [5.74, 6) is 0. The fourth-order valence-electron chi connectivity index (χ4n) is 0.440. The van der Waals surface area contributed by atoms with E-state index in [4.69, 9.17) is 5.11 Å². The lowest BCUT2D eigenvalue weighted by Gasteiger charge is -2.09. The lowest BCUT2D eigenvalue weighted by molar-refractivity contribution is 0.189. The van der Waals surface area contributed by atoms with E-state index in [1.54, 1.807) is 6.92 Å². The van der Waals surface area contributed by atoms with Crippen molar-refractivity contribution >= 4 is 0 Å². The standard InChI is InChI=1S/C7H15NO/c1-4-6(2)8-5-7(3)9/h4,6-9H,1,5H2,2-3H3. The van der Waals surface area contributed by atoms with Gasteiger partial charge >= 0.3 is 0 Å². The van der Waals surface area contributed by atoms with E-state index in [2.05, 4.69) is 11.9 Å².